The smallest absolute Gasteiger partial charge is 0.269 e. The Kier molecular flexibility index (Phi) is 5.38. The van der Waals surface area contributed by atoms with Gasteiger partial charge in [0.1, 0.15) is 11.5 Å². The van der Waals surface area contributed by atoms with Gasteiger partial charge in [-0.05, 0) is 36.2 Å². The molecular weight excluding hydrogens is 311 g/mol. The van der Waals surface area contributed by atoms with Crippen molar-refractivity contribution < 1.29 is 4.79 Å². The molecule has 0 saturated heterocycles. The summed E-state index contributed by atoms with van der Waals surface area (Å²) in [5.74, 6) is 5.42. The van der Waals surface area contributed by atoms with Gasteiger partial charge in [-0.3, -0.25) is 4.79 Å². The van der Waals surface area contributed by atoms with Crippen LogP contribution in [-0.4, -0.2) is 17.4 Å². The third kappa shape index (κ3) is 4.32. The first kappa shape index (κ1) is 15.6. The first-order valence-corrected chi connectivity index (χ1v) is 7.01. The fourth-order valence-corrected chi connectivity index (χ4v) is 2.27. The number of halogens is 2. The van der Waals surface area contributed by atoms with Crippen molar-refractivity contribution in [2.75, 3.05) is 12.0 Å². The van der Waals surface area contributed by atoms with E-state index in [0.717, 1.165) is 5.56 Å². The summed E-state index contributed by atoms with van der Waals surface area (Å²) in [4.78, 5) is 16.0. The number of hydrogen-bond acceptors (Lipinski definition) is 4. The lowest BCUT2D eigenvalue weighted by molar-refractivity contribution is 0.0949. The second kappa shape index (κ2) is 7.26. The Morgan fingerprint density at radius 3 is 2.76 bits per heavy atom. The van der Waals surface area contributed by atoms with Gasteiger partial charge in [-0.15, -0.1) is 0 Å². The highest BCUT2D eigenvalue weighted by Crippen LogP contribution is 2.21. The number of carbonyl (C=O) groups is 1. The van der Waals surface area contributed by atoms with Crippen LogP contribution in [0.3, 0.4) is 0 Å². The Hall–Kier alpha value is -1.82. The summed E-state index contributed by atoms with van der Waals surface area (Å²) in [6, 6.07) is 10.3. The molecule has 2 aromatic rings. The van der Waals surface area contributed by atoms with Gasteiger partial charge in [0.15, 0.2) is 0 Å². The molecule has 0 aliphatic rings. The topological polar surface area (TPSA) is 80.0 Å². The molecule has 1 aromatic carbocycles. The van der Waals surface area contributed by atoms with Gasteiger partial charge in [0.2, 0.25) is 0 Å². The molecule has 0 spiro atoms. The fraction of sp³-hybridized carbons (Fsp3) is 0.143. The molecule has 0 radical (unpaired) electrons. The molecule has 1 aromatic heterocycles. The largest absolute Gasteiger partial charge is 0.350 e. The van der Waals surface area contributed by atoms with Crippen LogP contribution in [0.4, 0.5) is 5.82 Å². The Balaban J connectivity index is 1.92. The van der Waals surface area contributed by atoms with Crippen LogP contribution in [0, 0.1) is 0 Å². The Labute approximate surface area is 132 Å². The van der Waals surface area contributed by atoms with Gasteiger partial charge in [0.05, 0.1) is 0 Å². The molecule has 1 amide bonds. The van der Waals surface area contributed by atoms with Crippen molar-refractivity contribution in [1.29, 1.82) is 0 Å². The standard InChI is InChI=1S/C14H14Cl2N4O/c15-10-5-4-9(11(16)8-10)6-7-18-14(21)12-2-1-3-13(19-12)20-17/h1-5,8H,6-7,17H2,(H,18,21)(H,19,20). The third-order valence-electron chi connectivity index (χ3n) is 2.82. The summed E-state index contributed by atoms with van der Waals surface area (Å²) in [7, 11) is 0. The Morgan fingerprint density at radius 1 is 1.24 bits per heavy atom. The average Bonchev–Trinajstić information content (AvgIpc) is 2.49. The Morgan fingerprint density at radius 2 is 2.05 bits per heavy atom. The first-order valence-electron chi connectivity index (χ1n) is 6.26. The lowest BCUT2D eigenvalue weighted by Crippen LogP contribution is -2.27. The van der Waals surface area contributed by atoms with Crippen molar-refractivity contribution in [3.8, 4) is 0 Å². The molecule has 2 rings (SSSR count). The van der Waals surface area contributed by atoms with E-state index in [1.165, 1.54) is 0 Å². The highest BCUT2D eigenvalue weighted by atomic mass is 35.5. The lowest BCUT2D eigenvalue weighted by Gasteiger charge is -2.07. The molecule has 0 saturated carbocycles. The molecule has 110 valence electrons. The van der Waals surface area contributed by atoms with E-state index >= 15 is 0 Å². The number of aromatic nitrogens is 1. The SMILES string of the molecule is NNc1cccc(C(=O)NCCc2ccc(Cl)cc2Cl)n1. The van der Waals surface area contributed by atoms with Crippen LogP contribution in [0.15, 0.2) is 36.4 Å². The average molecular weight is 325 g/mol. The third-order valence-corrected chi connectivity index (χ3v) is 3.41. The van der Waals surface area contributed by atoms with E-state index in [1.807, 2.05) is 6.07 Å². The maximum atomic E-state index is 11.9. The molecule has 5 nitrogen and oxygen atoms in total. The lowest BCUT2D eigenvalue weighted by atomic mass is 10.1. The van der Waals surface area contributed by atoms with Crippen LogP contribution in [-0.2, 0) is 6.42 Å². The van der Waals surface area contributed by atoms with Gasteiger partial charge in [-0.1, -0.05) is 35.3 Å². The minimum absolute atomic E-state index is 0.266. The van der Waals surface area contributed by atoms with Gasteiger partial charge in [-0.2, -0.15) is 0 Å². The van der Waals surface area contributed by atoms with E-state index < -0.39 is 0 Å². The van der Waals surface area contributed by atoms with Gasteiger partial charge in [0.25, 0.3) is 5.91 Å². The number of pyridine rings is 1. The van der Waals surface area contributed by atoms with E-state index in [9.17, 15) is 4.79 Å². The number of carbonyl (C=O) groups excluding carboxylic acids is 1. The number of nitrogens with one attached hydrogen (secondary N) is 2. The molecular formula is C14H14Cl2N4O. The van der Waals surface area contributed by atoms with E-state index in [1.54, 1.807) is 30.3 Å². The van der Waals surface area contributed by atoms with Crippen molar-refractivity contribution in [1.82, 2.24) is 10.3 Å². The van der Waals surface area contributed by atoms with Crippen LogP contribution in [0.5, 0.6) is 0 Å². The number of anilines is 1. The molecule has 0 atom stereocenters. The van der Waals surface area contributed by atoms with Crippen LogP contribution in [0.25, 0.3) is 0 Å². The van der Waals surface area contributed by atoms with Crippen LogP contribution < -0.4 is 16.6 Å². The number of amides is 1. The van der Waals surface area contributed by atoms with Gasteiger partial charge in [-0.25, -0.2) is 10.8 Å². The number of nitrogens with zero attached hydrogens (tertiary/aromatic N) is 1. The maximum absolute atomic E-state index is 11.9. The second-order valence-corrected chi connectivity index (χ2v) is 5.14. The maximum Gasteiger partial charge on any atom is 0.269 e. The van der Waals surface area contributed by atoms with Crippen LogP contribution >= 0.6 is 23.2 Å². The Bertz CT molecular complexity index is 649. The highest BCUT2D eigenvalue weighted by Gasteiger charge is 2.08. The molecule has 0 aliphatic carbocycles. The molecule has 0 fully saturated rings. The predicted octanol–water partition coefficient (Wildman–Crippen LogP) is 2.65. The molecule has 0 aliphatic heterocycles. The molecule has 4 N–H and O–H groups in total. The minimum Gasteiger partial charge on any atom is -0.350 e. The highest BCUT2D eigenvalue weighted by molar-refractivity contribution is 6.35. The zero-order chi connectivity index (χ0) is 15.2. The summed E-state index contributed by atoms with van der Waals surface area (Å²) < 4.78 is 0. The number of hydrogen-bond donors (Lipinski definition) is 3. The zero-order valence-corrected chi connectivity index (χ0v) is 12.6. The number of benzene rings is 1. The van der Waals surface area contributed by atoms with Crippen molar-refractivity contribution in [2.24, 2.45) is 5.84 Å². The van der Waals surface area contributed by atoms with E-state index in [2.05, 4.69) is 15.7 Å². The molecule has 0 unspecified atom stereocenters. The molecule has 21 heavy (non-hydrogen) atoms. The van der Waals surface area contributed by atoms with Crippen LogP contribution in [0.2, 0.25) is 10.0 Å². The number of hydrazine groups is 1. The number of nitrogen functional groups attached to an aromatic ring is 1. The van der Waals surface area contributed by atoms with Crippen molar-refractivity contribution in [3.63, 3.8) is 0 Å². The second-order valence-electron chi connectivity index (χ2n) is 4.29. The predicted molar refractivity (Wildman–Crippen MR) is 84.5 cm³/mol. The van der Waals surface area contributed by atoms with Gasteiger partial charge >= 0.3 is 0 Å². The van der Waals surface area contributed by atoms with E-state index in [4.69, 9.17) is 29.0 Å². The zero-order valence-electron chi connectivity index (χ0n) is 11.1. The number of rotatable bonds is 5. The summed E-state index contributed by atoms with van der Waals surface area (Å²) in [6.07, 6.45) is 0.608. The van der Waals surface area contributed by atoms with Crippen molar-refractivity contribution in [2.45, 2.75) is 6.42 Å². The molecule has 1 heterocycles. The quantitative estimate of drug-likeness (QED) is 0.583. The summed E-state index contributed by atoms with van der Waals surface area (Å²) in [5, 5.41) is 3.95. The monoisotopic (exact) mass is 324 g/mol. The first-order chi connectivity index (χ1) is 10.1. The summed E-state index contributed by atoms with van der Waals surface area (Å²) in [6.45, 7) is 0.447. The summed E-state index contributed by atoms with van der Waals surface area (Å²) >= 11 is 11.9. The fourth-order valence-electron chi connectivity index (χ4n) is 1.77. The molecule has 0 bridgehead atoms. The normalized spacial score (nSPS) is 10.2. The van der Waals surface area contributed by atoms with Crippen LogP contribution in [0.1, 0.15) is 16.1 Å². The van der Waals surface area contributed by atoms with Crippen molar-refractivity contribution >= 4 is 34.9 Å². The summed E-state index contributed by atoms with van der Waals surface area (Å²) in [5.41, 5.74) is 3.62. The number of nitrogens with two attached hydrogens (primary N) is 1. The molecule has 7 heteroatoms. The van der Waals surface area contributed by atoms with Gasteiger partial charge < -0.3 is 10.7 Å². The van der Waals surface area contributed by atoms with E-state index in [0.29, 0.717) is 34.5 Å². The van der Waals surface area contributed by atoms with Gasteiger partial charge in [0, 0.05) is 16.6 Å². The van der Waals surface area contributed by atoms with E-state index in [-0.39, 0.29) is 5.91 Å². The minimum atomic E-state index is -0.266. The van der Waals surface area contributed by atoms with Crippen molar-refractivity contribution in [3.05, 3.63) is 57.7 Å².